The first-order valence-corrected chi connectivity index (χ1v) is 12.7. The molecule has 4 aromatic rings. The van der Waals surface area contributed by atoms with Crippen molar-refractivity contribution in [1.82, 2.24) is 14.9 Å². The quantitative estimate of drug-likeness (QED) is 0.383. The van der Waals surface area contributed by atoms with Crippen LogP contribution in [0.1, 0.15) is 18.3 Å². The Labute approximate surface area is 205 Å². The second-order valence-corrected chi connectivity index (χ2v) is 10.1. The van der Waals surface area contributed by atoms with E-state index in [0.29, 0.717) is 18.0 Å². The molecule has 0 aliphatic heterocycles. The van der Waals surface area contributed by atoms with Gasteiger partial charge in [-0.25, -0.2) is 13.4 Å². The van der Waals surface area contributed by atoms with Gasteiger partial charge in [0.2, 0.25) is 0 Å². The summed E-state index contributed by atoms with van der Waals surface area (Å²) in [5, 5.41) is 2.84. The van der Waals surface area contributed by atoms with Crippen LogP contribution in [0, 0.1) is 6.92 Å². The van der Waals surface area contributed by atoms with E-state index in [1.165, 1.54) is 11.4 Å². The number of benzene rings is 3. The van der Waals surface area contributed by atoms with Gasteiger partial charge in [0, 0.05) is 13.6 Å². The number of imidazole rings is 1. The molecule has 8 nitrogen and oxygen atoms in total. The Morgan fingerprint density at radius 2 is 1.71 bits per heavy atom. The van der Waals surface area contributed by atoms with Crippen molar-refractivity contribution < 1.29 is 17.9 Å². The monoisotopic (exact) mass is 492 g/mol. The Hall–Kier alpha value is -3.85. The van der Waals surface area contributed by atoms with Crippen molar-refractivity contribution in [3.05, 3.63) is 84.2 Å². The van der Waals surface area contributed by atoms with Gasteiger partial charge in [0.15, 0.2) is 6.61 Å². The maximum absolute atomic E-state index is 12.9. The minimum Gasteiger partial charge on any atom is -0.484 e. The van der Waals surface area contributed by atoms with Crippen molar-refractivity contribution in [3.8, 4) is 5.75 Å². The highest BCUT2D eigenvalue weighted by Crippen LogP contribution is 2.24. The fourth-order valence-corrected chi connectivity index (χ4v) is 4.95. The molecule has 0 aliphatic carbocycles. The number of carbonyl (C=O) groups excluding carboxylic acids is 1. The number of aromatic nitrogens is 2. The number of sulfonamides is 1. The smallest absolute Gasteiger partial charge is 0.264 e. The predicted octanol–water partition coefficient (Wildman–Crippen LogP) is 3.88. The normalized spacial score (nSPS) is 11.4. The number of hydrogen-bond donors (Lipinski definition) is 1. The van der Waals surface area contributed by atoms with Crippen LogP contribution >= 0.6 is 0 Å². The highest BCUT2D eigenvalue weighted by Gasteiger charge is 2.21. The maximum Gasteiger partial charge on any atom is 0.264 e. The zero-order valence-electron chi connectivity index (χ0n) is 19.9. The first-order valence-electron chi connectivity index (χ1n) is 11.3. The van der Waals surface area contributed by atoms with Crippen LogP contribution in [0.2, 0.25) is 0 Å². The lowest BCUT2D eigenvalue weighted by Gasteiger charge is -2.20. The number of carbonyl (C=O) groups is 1. The summed E-state index contributed by atoms with van der Waals surface area (Å²) in [7, 11) is -2.17. The summed E-state index contributed by atoms with van der Waals surface area (Å²) in [6.45, 7) is 4.83. The van der Waals surface area contributed by atoms with Crippen molar-refractivity contribution in [2.24, 2.45) is 0 Å². The fourth-order valence-electron chi connectivity index (χ4n) is 3.75. The van der Waals surface area contributed by atoms with Crippen LogP contribution in [0.4, 0.5) is 5.69 Å². The van der Waals surface area contributed by atoms with Crippen LogP contribution in [0.25, 0.3) is 11.0 Å². The molecule has 4 rings (SSSR count). The van der Waals surface area contributed by atoms with Gasteiger partial charge in [0.05, 0.1) is 28.2 Å². The molecule has 35 heavy (non-hydrogen) atoms. The number of nitrogens with zero attached hydrogens (tertiary/aromatic N) is 3. The first-order chi connectivity index (χ1) is 16.8. The molecule has 182 valence electrons. The summed E-state index contributed by atoms with van der Waals surface area (Å²) in [5.41, 5.74) is 3.40. The Morgan fingerprint density at radius 1 is 1.03 bits per heavy atom. The summed E-state index contributed by atoms with van der Waals surface area (Å²) >= 11 is 0. The molecule has 0 atom stereocenters. The second kappa shape index (κ2) is 10.2. The lowest BCUT2D eigenvalue weighted by Crippen LogP contribution is -2.29. The van der Waals surface area contributed by atoms with Gasteiger partial charge in [0.1, 0.15) is 11.6 Å². The highest BCUT2D eigenvalue weighted by atomic mass is 32.2. The number of para-hydroxylation sites is 2. The van der Waals surface area contributed by atoms with Gasteiger partial charge in [-0.05, 0) is 62.4 Å². The third kappa shape index (κ3) is 5.30. The van der Waals surface area contributed by atoms with Crippen molar-refractivity contribution in [1.29, 1.82) is 0 Å². The number of ether oxygens (including phenoxy) is 1. The van der Waals surface area contributed by atoms with Gasteiger partial charge in [-0.15, -0.1) is 0 Å². The third-order valence-electron chi connectivity index (χ3n) is 5.74. The Bertz CT molecular complexity index is 1430. The van der Waals surface area contributed by atoms with E-state index in [4.69, 9.17) is 4.74 Å². The van der Waals surface area contributed by atoms with E-state index in [1.54, 1.807) is 48.5 Å². The molecule has 0 spiro atoms. The van der Waals surface area contributed by atoms with Crippen molar-refractivity contribution in [2.75, 3.05) is 18.0 Å². The average molecular weight is 493 g/mol. The Kier molecular flexibility index (Phi) is 7.07. The topological polar surface area (TPSA) is 93.5 Å². The van der Waals surface area contributed by atoms with E-state index < -0.39 is 10.0 Å². The molecule has 1 N–H and O–H groups in total. The zero-order chi connectivity index (χ0) is 25.0. The molecule has 3 aromatic carbocycles. The summed E-state index contributed by atoms with van der Waals surface area (Å²) in [4.78, 5) is 17.2. The number of nitrogens with one attached hydrogen (secondary N) is 1. The summed E-state index contributed by atoms with van der Waals surface area (Å²) in [6.07, 6.45) is 0. The second-order valence-electron chi connectivity index (χ2n) is 8.11. The number of fused-ring (bicyclic) bond motifs is 1. The number of rotatable bonds is 9. The van der Waals surface area contributed by atoms with Gasteiger partial charge in [-0.1, -0.05) is 29.8 Å². The van der Waals surface area contributed by atoms with Gasteiger partial charge >= 0.3 is 0 Å². The van der Waals surface area contributed by atoms with Crippen molar-refractivity contribution in [3.63, 3.8) is 0 Å². The van der Waals surface area contributed by atoms with Gasteiger partial charge in [0.25, 0.3) is 15.9 Å². The number of amides is 1. The van der Waals surface area contributed by atoms with E-state index in [2.05, 4.69) is 14.9 Å². The fraction of sp³-hybridized carbons (Fsp3) is 0.231. The molecule has 0 bridgehead atoms. The lowest BCUT2D eigenvalue weighted by atomic mass is 10.2. The minimum atomic E-state index is -3.68. The number of aryl methyl sites for hydroxylation is 2. The van der Waals surface area contributed by atoms with Gasteiger partial charge in [-0.3, -0.25) is 9.10 Å². The summed E-state index contributed by atoms with van der Waals surface area (Å²) in [6, 6.07) is 21.1. The maximum atomic E-state index is 12.9. The molecule has 1 aromatic heterocycles. The lowest BCUT2D eigenvalue weighted by molar-refractivity contribution is -0.123. The van der Waals surface area contributed by atoms with E-state index in [-0.39, 0.29) is 17.4 Å². The zero-order valence-corrected chi connectivity index (χ0v) is 20.7. The van der Waals surface area contributed by atoms with Gasteiger partial charge in [-0.2, -0.15) is 0 Å². The molecular weight excluding hydrogens is 464 g/mol. The molecule has 0 unspecified atom stereocenters. The van der Waals surface area contributed by atoms with Crippen LogP contribution in [0.5, 0.6) is 5.75 Å². The first kappa shape index (κ1) is 24.3. The molecule has 0 aliphatic rings. The molecular formula is C26H28N4O4S. The third-order valence-corrected chi connectivity index (χ3v) is 7.54. The van der Waals surface area contributed by atoms with Crippen LogP contribution in [0.3, 0.4) is 0 Å². The van der Waals surface area contributed by atoms with E-state index >= 15 is 0 Å². The predicted molar refractivity (Wildman–Crippen MR) is 136 cm³/mol. The molecule has 0 fully saturated rings. The highest BCUT2D eigenvalue weighted by molar-refractivity contribution is 7.92. The minimum absolute atomic E-state index is 0.163. The number of anilines is 1. The number of hydrogen-bond acceptors (Lipinski definition) is 5. The molecule has 0 radical (unpaired) electrons. The molecule has 9 heteroatoms. The van der Waals surface area contributed by atoms with E-state index in [1.807, 2.05) is 38.1 Å². The van der Waals surface area contributed by atoms with Crippen LogP contribution in [-0.4, -0.2) is 37.5 Å². The van der Waals surface area contributed by atoms with Crippen LogP contribution < -0.4 is 14.4 Å². The molecule has 1 amide bonds. The van der Waals surface area contributed by atoms with E-state index in [9.17, 15) is 13.2 Å². The van der Waals surface area contributed by atoms with Crippen LogP contribution in [0.15, 0.2) is 77.7 Å². The van der Waals surface area contributed by atoms with E-state index in [0.717, 1.165) is 29.0 Å². The SMILES string of the molecule is CCn1c(CNC(=O)COc2ccc(N(C)S(=O)(=O)c3ccc(C)cc3)cc2)nc2ccccc21. The average Bonchev–Trinajstić information content (AvgIpc) is 3.24. The van der Waals surface area contributed by atoms with Crippen LogP contribution in [-0.2, 0) is 27.9 Å². The van der Waals surface area contributed by atoms with Gasteiger partial charge < -0.3 is 14.6 Å². The summed E-state index contributed by atoms with van der Waals surface area (Å²) < 4.78 is 34.6. The Morgan fingerprint density at radius 3 is 2.40 bits per heavy atom. The molecule has 1 heterocycles. The van der Waals surface area contributed by atoms with Crippen molar-refractivity contribution in [2.45, 2.75) is 31.8 Å². The van der Waals surface area contributed by atoms with Crippen molar-refractivity contribution >= 4 is 32.7 Å². The standard InChI is InChI=1S/C26H28N4O4S/c1-4-30-24-8-6-5-7-23(24)28-25(30)17-27-26(31)18-34-21-13-11-20(12-14-21)29(3)35(32,33)22-15-9-19(2)10-16-22/h5-16H,4,17-18H2,1-3H3,(H,27,31). The largest absolute Gasteiger partial charge is 0.484 e. The molecule has 0 saturated heterocycles. The summed E-state index contributed by atoms with van der Waals surface area (Å²) in [5.74, 6) is 0.970. The Balaban J connectivity index is 1.33. The molecule has 0 saturated carbocycles.